The Balaban J connectivity index is 2.98. The zero-order valence-corrected chi connectivity index (χ0v) is 12.2. The number of amides is 1. The van der Waals surface area contributed by atoms with Crippen LogP contribution in [-0.2, 0) is 14.3 Å². The van der Waals surface area contributed by atoms with E-state index < -0.39 is 23.2 Å². The van der Waals surface area contributed by atoms with E-state index in [4.69, 9.17) is 9.47 Å². The van der Waals surface area contributed by atoms with Gasteiger partial charge in [0, 0.05) is 6.61 Å². The van der Waals surface area contributed by atoms with Gasteiger partial charge in [-0.05, 0) is 41.0 Å². The third-order valence-corrected chi connectivity index (χ3v) is 2.99. The van der Waals surface area contributed by atoms with Crippen molar-refractivity contribution < 1.29 is 24.2 Å². The molecule has 0 saturated carbocycles. The summed E-state index contributed by atoms with van der Waals surface area (Å²) in [6.45, 7) is 9.12. The zero-order valence-electron chi connectivity index (χ0n) is 12.2. The Labute approximate surface area is 113 Å². The van der Waals surface area contributed by atoms with E-state index in [1.165, 1.54) is 18.7 Å². The molecule has 0 radical (unpaired) electrons. The van der Waals surface area contributed by atoms with E-state index in [0.717, 1.165) is 0 Å². The van der Waals surface area contributed by atoms with Gasteiger partial charge >= 0.3 is 12.1 Å². The lowest BCUT2D eigenvalue weighted by atomic mass is 10.0. The molecule has 1 heterocycles. The molecule has 19 heavy (non-hydrogen) atoms. The molecule has 1 rings (SSSR count). The van der Waals surface area contributed by atoms with Crippen LogP contribution < -0.4 is 0 Å². The number of ether oxygens (including phenoxy) is 2. The lowest BCUT2D eigenvalue weighted by Crippen LogP contribution is -2.58. The SMILES string of the molecule is CC(C)(C)OC(=O)N(C1CCOC1)C(C)(C)C(=O)O. The third kappa shape index (κ3) is 3.83. The molecular weight excluding hydrogens is 250 g/mol. The van der Waals surface area contributed by atoms with Crippen molar-refractivity contribution in [3.05, 3.63) is 0 Å². The highest BCUT2D eigenvalue weighted by Gasteiger charge is 2.45. The number of carboxylic acids is 1. The average Bonchev–Trinajstić information content (AvgIpc) is 2.67. The van der Waals surface area contributed by atoms with Gasteiger partial charge in [-0.15, -0.1) is 0 Å². The van der Waals surface area contributed by atoms with Crippen LogP contribution in [0.15, 0.2) is 0 Å². The number of hydrogen-bond acceptors (Lipinski definition) is 4. The van der Waals surface area contributed by atoms with E-state index in [-0.39, 0.29) is 6.04 Å². The van der Waals surface area contributed by atoms with Crippen LogP contribution in [0.1, 0.15) is 41.0 Å². The van der Waals surface area contributed by atoms with Crippen LogP contribution in [0.2, 0.25) is 0 Å². The van der Waals surface area contributed by atoms with Crippen LogP contribution in [0.25, 0.3) is 0 Å². The van der Waals surface area contributed by atoms with E-state index in [1.54, 1.807) is 20.8 Å². The molecule has 0 bridgehead atoms. The topological polar surface area (TPSA) is 76.1 Å². The summed E-state index contributed by atoms with van der Waals surface area (Å²) in [5, 5.41) is 9.33. The molecule has 110 valence electrons. The minimum absolute atomic E-state index is 0.263. The predicted molar refractivity (Wildman–Crippen MR) is 69.0 cm³/mol. The Morgan fingerprint density at radius 3 is 2.21 bits per heavy atom. The highest BCUT2D eigenvalue weighted by atomic mass is 16.6. The van der Waals surface area contributed by atoms with Crippen molar-refractivity contribution in [2.24, 2.45) is 0 Å². The monoisotopic (exact) mass is 273 g/mol. The Hall–Kier alpha value is -1.30. The molecule has 1 fully saturated rings. The predicted octanol–water partition coefficient (Wildman–Crippen LogP) is 1.88. The smallest absolute Gasteiger partial charge is 0.411 e. The number of carboxylic acid groups (broad SMARTS) is 1. The fraction of sp³-hybridized carbons (Fsp3) is 0.846. The highest BCUT2D eigenvalue weighted by Crippen LogP contribution is 2.26. The van der Waals surface area contributed by atoms with Crippen LogP contribution in [0.5, 0.6) is 0 Å². The normalized spacial score (nSPS) is 20.2. The van der Waals surface area contributed by atoms with Gasteiger partial charge < -0.3 is 14.6 Å². The van der Waals surface area contributed by atoms with Crippen molar-refractivity contribution in [1.82, 2.24) is 4.90 Å². The molecule has 1 aliphatic rings. The van der Waals surface area contributed by atoms with Gasteiger partial charge in [0.05, 0.1) is 12.6 Å². The summed E-state index contributed by atoms with van der Waals surface area (Å²) in [4.78, 5) is 25.0. The minimum Gasteiger partial charge on any atom is -0.480 e. The quantitative estimate of drug-likeness (QED) is 0.849. The van der Waals surface area contributed by atoms with Gasteiger partial charge in [-0.3, -0.25) is 4.90 Å². The second-order valence-corrected chi connectivity index (χ2v) is 6.23. The third-order valence-electron chi connectivity index (χ3n) is 2.99. The van der Waals surface area contributed by atoms with Gasteiger partial charge in [-0.2, -0.15) is 0 Å². The number of aliphatic carboxylic acids is 1. The van der Waals surface area contributed by atoms with E-state index in [1.807, 2.05) is 0 Å². The van der Waals surface area contributed by atoms with Crippen molar-refractivity contribution in [2.75, 3.05) is 13.2 Å². The highest BCUT2D eigenvalue weighted by molar-refractivity contribution is 5.83. The summed E-state index contributed by atoms with van der Waals surface area (Å²) in [5.74, 6) is -1.06. The van der Waals surface area contributed by atoms with E-state index in [9.17, 15) is 14.7 Å². The summed E-state index contributed by atoms with van der Waals surface area (Å²) in [5.41, 5.74) is -2.00. The molecule has 6 heteroatoms. The Morgan fingerprint density at radius 1 is 1.26 bits per heavy atom. The van der Waals surface area contributed by atoms with Gasteiger partial charge in [0.25, 0.3) is 0 Å². The van der Waals surface area contributed by atoms with Crippen LogP contribution in [-0.4, -0.2) is 52.5 Å². The first-order valence-electron chi connectivity index (χ1n) is 6.39. The molecule has 1 N–H and O–H groups in total. The van der Waals surface area contributed by atoms with Gasteiger partial charge in [0.1, 0.15) is 11.1 Å². The maximum absolute atomic E-state index is 12.3. The Bertz CT molecular complexity index is 353. The van der Waals surface area contributed by atoms with Crippen LogP contribution >= 0.6 is 0 Å². The maximum atomic E-state index is 12.3. The molecule has 0 aromatic rings. The Kier molecular flexibility index (Phi) is 4.45. The number of hydrogen-bond donors (Lipinski definition) is 1. The molecule has 1 saturated heterocycles. The zero-order chi connectivity index (χ0) is 14.8. The summed E-state index contributed by atoms with van der Waals surface area (Å²) in [6.07, 6.45) is 0.00561. The van der Waals surface area contributed by atoms with Gasteiger partial charge in [0.2, 0.25) is 0 Å². The van der Waals surface area contributed by atoms with Crippen LogP contribution in [0.3, 0.4) is 0 Å². The molecule has 1 amide bonds. The number of carbonyl (C=O) groups excluding carboxylic acids is 1. The van der Waals surface area contributed by atoms with E-state index >= 15 is 0 Å². The molecule has 0 spiro atoms. The molecule has 0 aromatic heterocycles. The van der Waals surface area contributed by atoms with Crippen LogP contribution in [0.4, 0.5) is 4.79 Å². The maximum Gasteiger partial charge on any atom is 0.411 e. The van der Waals surface area contributed by atoms with Gasteiger partial charge in [-0.1, -0.05) is 0 Å². The standard InChI is InChI=1S/C13H23NO5/c1-12(2,3)19-11(17)14(9-6-7-18-8-9)13(4,5)10(15)16/h9H,6-8H2,1-5H3,(H,15,16). The first-order chi connectivity index (χ1) is 8.55. The van der Waals surface area contributed by atoms with Crippen molar-refractivity contribution >= 4 is 12.1 Å². The molecule has 0 aliphatic carbocycles. The lowest BCUT2D eigenvalue weighted by molar-refractivity contribution is -0.150. The largest absolute Gasteiger partial charge is 0.480 e. The number of rotatable bonds is 3. The summed E-state index contributed by atoms with van der Waals surface area (Å²) in [7, 11) is 0. The lowest BCUT2D eigenvalue weighted by Gasteiger charge is -2.39. The van der Waals surface area contributed by atoms with Crippen molar-refractivity contribution in [1.29, 1.82) is 0 Å². The first-order valence-corrected chi connectivity index (χ1v) is 6.39. The fourth-order valence-corrected chi connectivity index (χ4v) is 1.97. The second kappa shape index (κ2) is 5.36. The summed E-state index contributed by atoms with van der Waals surface area (Å²) in [6, 6.07) is -0.263. The fourth-order valence-electron chi connectivity index (χ4n) is 1.97. The molecule has 6 nitrogen and oxygen atoms in total. The minimum atomic E-state index is -1.33. The van der Waals surface area contributed by atoms with Crippen LogP contribution in [0, 0.1) is 0 Å². The molecule has 1 unspecified atom stereocenters. The molecule has 1 atom stereocenters. The summed E-state index contributed by atoms with van der Waals surface area (Å²) >= 11 is 0. The molecule has 0 aromatic carbocycles. The van der Waals surface area contributed by atoms with Crippen molar-refractivity contribution in [3.8, 4) is 0 Å². The number of nitrogens with zero attached hydrogens (tertiary/aromatic N) is 1. The number of carbonyl (C=O) groups is 2. The molecular formula is C13H23NO5. The first kappa shape index (κ1) is 15.8. The van der Waals surface area contributed by atoms with Crippen molar-refractivity contribution in [2.45, 2.75) is 58.2 Å². The second-order valence-electron chi connectivity index (χ2n) is 6.23. The van der Waals surface area contributed by atoms with Crippen molar-refractivity contribution in [3.63, 3.8) is 0 Å². The van der Waals surface area contributed by atoms with E-state index in [2.05, 4.69) is 0 Å². The Morgan fingerprint density at radius 2 is 1.84 bits per heavy atom. The van der Waals surface area contributed by atoms with E-state index in [0.29, 0.717) is 19.6 Å². The molecule has 1 aliphatic heterocycles. The average molecular weight is 273 g/mol. The van der Waals surface area contributed by atoms with Gasteiger partial charge in [-0.25, -0.2) is 9.59 Å². The summed E-state index contributed by atoms with van der Waals surface area (Å²) < 4.78 is 10.6. The van der Waals surface area contributed by atoms with Gasteiger partial charge in [0.15, 0.2) is 0 Å².